The molecule has 0 spiro atoms. The largest absolute Gasteiger partial charge is 0.508 e. The van der Waals surface area contributed by atoms with Crippen LogP contribution in [0.2, 0.25) is 5.02 Å². The molecule has 0 radical (unpaired) electrons. The van der Waals surface area contributed by atoms with Gasteiger partial charge in [-0.15, -0.1) is 0 Å². The Bertz CT molecular complexity index is 560. The van der Waals surface area contributed by atoms with E-state index >= 15 is 0 Å². The van der Waals surface area contributed by atoms with E-state index in [0.717, 1.165) is 6.07 Å². The summed E-state index contributed by atoms with van der Waals surface area (Å²) < 4.78 is 4.41. The monoisotopic (exact) mass is 315 g/mol. The van der Waals surface area contributed by atoms with E-state index in [9.17, 15) is 19.5 Å². The van der Waals surface area contributed by atoms with Crippen molar-refractivity contribution in [2.45, 2.75) is 18.9 Å². The van der Waals surface area contributed by atoms with Crippen LogP contribution in [0.4, 0.5) is 0 Å². The Hall–Kier alpha value is -2.28. The molecule has 21 heavy (non-hydrogen) atoms. The first-order valence-electron chi connectivity index (χ1n) is 5.94. The summed E-state index contributed by atoms with van der Waals surface area (Å²) in [5.74, 6) is -2.80. The van der Waals surface area contributed by atoms with Crippen molar-refractivity contribution in [2.75, 3.05) is 7.11 Å². The highest BCUT2D eigenvalue weighted by Crippen LogP contribution is 2.21. The Morgan fingerprint density at radius 2 is 2.05 bits per heavy atom. The molecule has 0 aliphatic heterocycles. The minimum atomic E-state index is -1.29. The number of halogens is 1. The van der Waals surface area contributed by atoms with Crippen LogP contribution in [0.25, 0.3) is 0 Å². The molecule has 0 aliphatic rings. The summed E-state index contributed by atoms with van der Waals surface area (Å²) in [6.45, 7) is 0. The number of rotatable bonds is 6. The van der Waals surface area contributed by atoms with Crippen molar-refractivity contribution in [2.24, 2.45) is 0 Å². The summed E-state index contributed by atoms with van der Waals surface area (Å²) in [6.07, 6.45) is -0.272. The lowest BCUT2D eigenvalue weighted by molar-refractivity contribution is -0.142. The van der Waals surface area contributed by atoms with Gasteiger partial charge in [0.15, 0.2) is 0 Å². The summed E-state index contributed by atoms with van der Waals surface area (Å²) in [6, 6.07) is 2.47. The summed E-state index contributed by atoms with van der Waals surface area (Å²) in [5.41, 5.74) is -0.0546. The van der Waals surface area contributed by atoms with Crippen LogP contribution in [0.1, 0.15) is 23.2 Å². The molecule has 0 aromatic heterocycles. The average Bonchev–Trinajstić information content (AvgIpc) is 2.44. The van der Waals surface area contributed by atoms with Gasteiger partial charge >= 0.3 is 11.9 Å². The molecule has 0 heterocycles. The summed E-state index contributed by atoms with van der Waals surface area (Å²) >= 11 is 5.81. The number of carbonyl (C=O) groups is 3. The molecule has 8 heteroatoms. The van der Waals surface area contributed by atoms with Gasteiger partial charge in [0, 0.05) is 6.42 Å². The lowest BCUT2D eigenvalue weighted by atomic mass is 10.1. The SMILES string of the molecule is COC(=O)CCC(NC(=O)c1cc(O)ccc1Cl)C(=O)O. The van der Waals surface area contributed by atoms with Crippen LogP contribution in [0.5, 0.6) is 5.75 Å². The molecule has 1 amide bonds. The van der Waals surface area contributed by atoms with E-state index in [1.165, 1.54) is 19.2 Å². The Morgan fingerprint density at radius 3 is 2.62 bits per heavy atom. The van der Waals surface area contributed by atoms with Crippen LogP contribution in [0.15, 0.2) is 18.2 Å². The molecule has 114 valence electrons. The maximum atomic E-state index is 12.0. The minimum Gasteiger partial charge on any atom is -0.508 e. The molecule has 0 aliphatic carbocycles. The van der Waals surface area contributed by atoms with Gasteiger partial charge in [-0.25, -0.2) is 4.79 Å². The van der Waals surface area contributed by atoms with E-state index in [-0.39, 0.29) is 29.2 Å². The molecule has 1 aromatic rings. The highest BCUT2D eigenvalue weighted by Gasteiger charge is 2.23. The quantitative estimate of drug-likeness (QED) is 0.679. The van der Waals surface area contributed by atoms with Gasteiger partial charge < -0.3 is 20.3 Å². The van der Waals surface area contributed by atoms with E-state index in [0.29, 0.717) is 0 Å². The van der Waals surface area contributed by atoms with Crippen molar-refractivity contribution in [1.82, 2.24) is 5.32 Å². The Labute approximate surface area is 125 Å². The molecule has 1 rings (SSSR count). The minimum absolute atomic E-state index is 0.0546. The van der Waals surface area contributed by atoms with E-state index in [1.54, 1.807) is 0 Å². The second-order valence-electron chi connectivity index (χ2n) is 4.14. The number of phenolic OH excluding ortho intramolecular Hbond substituents is 1. The third-order valence-electron chi connectivity index (χ3n) is 2.66. The zero-order valence-electron chi connectivity index (χ0n) is 11.1. The smallest absolute Gasteiger partial charge is 0.326 e. The van der Waals surface area contributed by atoms with E-state index in [1.807, 2.05) is 0 Å². The predicted molar refractivity (Wildman–Crippen MR) is 73.3 cm³/mol. The highest BCUT2D eigenvalue weighted by molar-refractivity contribution is 6.33. The number of hydrogen-bond donors (Lipinski definition) is 3. The summed E-state index contributed by atoms with van der Waals surface area (Å²) in [5, 5.41) is 20.7. The molecule has 0 fully saturated rings. The number of carboxylic acid groups (broad SMARTS) is 1. The second kappa shape index (κ2) is 7.49. The van der Waals surface area contributed by atoms with Crippen molar-refractivity contribution < 1.29 is 29.3 Å². The molecule has 1 aromatic carbocycles. The number of aromatic hydroxyl groups is 1. The normalized spacial score (nSPS) is 11.5. The predicted octanol–water partition coefficient (Wildman–Crippen LogP) is 1.18. The van der Waals surface area contributed by atoms with Crippen molar-refractivity contribution in [1.29, 1.82) is 0 Å². The molecular weight excluding hydrogens is 302 g/mol. The van der Waals surface area contributed by atoms with Gasteiger partial charge in [0.2, 0.25) is 0 Å². The Kier molecular flexibility index (Phi) is 5.98. The van der Waals surface area contributed by atoms with Crippen LogP contribution in [-0.4, -0.2) is 41.2 Å². The molecule has 0 saturated carbocycles. The zero-order chi connectivity index (χ0) is 16.0. The Balaban J connectivity index is 2.79. The van der Waals surface area contributed by atoms with E-state index < -0.39 is 23.9 Å². The van der Waals surface area contributed by atoms with Crippen LogP contribution in [-0.2, 0) is 14.3 Å². The second-order valence-corrected chi connectivity index (χ2v) is 4.55. The van der Waals surface area contributed by atoms with Crippen LogP contribution < -0.4 is 5.32 Å². The van der Waals surface area contributed by atoms with Gasteiger partial charge in [0.1, 0.15) is 11.8 Å². The Morgan fingerprint density at radius 1 is 1.38 bits per heavy atom. The number of phenols is 1. The van der Waals surface area contributed by atoms with Crippen molar-refractivity contribution in [3.8, 4) is 5.75 Å². The highest BCUT2D eigenvalue weighted by atomic mass is 35.5. The average molecular weight is 316 g/mol. The molecule has 1 unspecified atom stereocenters. The fraction of sp³-hybridized carbons (Fsp3) is 0.308. The maximum Gasteiger partial charge on any atom is 0.326 e. The van der Waals surface area contributed by atoms with Gasteiger partial charge in [0.05, 0.1) is 17.7 Å². The molecule has 0 saturated heterocycles. The molecule has 0 bridgehead atoms. The van der Waals surface area contributed by atoms with Crippen molar-refractivity contribution in [3.05, 3.63) is 28.8 Å². The number of amides is 1. The van der Waals surface area contributed by atoms with Gasteiger partial charge in [-0.1, -0.05) is 11.6 Å². The van der Waals surface area contributed by atoms with E-state index in [4.69, 9.17) is 16.7 Å². The number of esters is 1. The van der Waals surface area contributed by atoms with E-state index in [2.05, 4.69) is 10.1 Å². The first kappa shape index (κ1) is 16.8. The number of carboxylic acids is 1. The number of ether oxygens (including phenoxy) is 1. The fourth-order valence-electron chi connectivity index (χ4n) is 1.54. The topological polar surface area (TPSA) is 113 Å². The molecule has 1 atom stereocenters. The number of benzene rings is 1. The van der Waals surface area contributed by atoms with Gasteiger partial charge in [-0.2, -0.15) is 0 Å². The number of carbonyl (C=O) groups excluding carboxylic acids is 2. The molecule has 3 N–H and O–H groups in total. The van der Waals surface area contributed by atoms with Crippen molar-refractivity contribution in [3.63, 3.8) is 0 Å². The first-order chi connectivity index (χ1) is 9.85. The lowest BCUT2D eigenvalue weighted by Crippen LogP contribution is -2.41. The number of methoxy groups -OCH3 is 1. The van der Waals surface area contributed by atoms with Crippen LogP contribution in [0.3, 0.4) is 0 Å². The number of aliphatic carboxylic acids is 1. The van der Waals surface area contributed by atoms with Crippen LogP contribution >= 0.6 is 11.6 Å². The maximum absolute atomic E-state index is 12.0. The van der Waals surface area contributed by atoms with Gasteiger partial charge in [0.25, 0.3) is 5.91 Å². The zero-order valence-corrected chi connectivity index (χ0v) is 11.9. The molecule has 7 nitrogen and oxygen atoms in total. The molecular formula is C13H14ClNO6. The summed E-state index contributed by atoms with van der Waals surface area (Å²) in [7, 11) is 1.18. The number of nitrogens with one attached hydrogen (secondary N) is 1. The van der Waals surface area contributed by atoms with Gasteiger partial charge in [-0.05, 0) is 24.6 Å². The van der Waals surface area contributed by atoms with Crippen LogP contribution in [0, 0.1) is 0 Å². The number of hydrogen-bond acceptors (Lipinski definition) is 5. The lowest BCUT2D eigenvalue weighted by Gasteiger charge is -2.14. The standard InChI is InChI=1S/C13H14ClNO6/c1-21-11(17)5-4-10(13(19)20)15-12(18)8-6-7(16)2-3-9(8)14/h2-3,6,10,16H,4-5H2,1H3,(H,15,18)(H,19,20). The summed E-state index contributed by atoms with van der Waals surface area (Å²) in [4.78, 5) is 34.0. The van der Waals surface area contributed by atoms with Crippen molar-refractivity contribution >= 4 is 29.4 Å². The third kappa shape index (κ3) is 4.96. The fourth-order valence-corrected chi connectivity index (χ4v) is 1.75. The van der Waals surface area contributed by atoms with Gasteiger partial charge in [-0.3, -0.25) is 9.59 Å². The first-order valence-corrected chi connectivity index (χ1v) is 6.32. The third-order valence-corrected chi connectivity index (χ3v) is 2.99.